The van der Waals surface area contributed by atoms with Crippen molar-refractivity contribution in [3.63, 3.8) is 0 Å². The summed E-state index contributed by atoms with van der Waals surface area (Å²) >= 11 is 0. The summed E-state index contributed by atoms with van der Waals surface area (Å²) in [4.78, 5) is 38.7. The van der Waals surface area contributed by atoms with E-state index in [4.69, 9.17) is 0 Å². The molecule has 14 nitrogen and oxygen atoms in total. The normalized spacial score (nSPS) is 14.0. The fourth-order valence-corrected chi connectivity index (χ4v) is 6.23. The molecule has 43 heavy (non-hydrogen) atoms. The Bertz CT molecular complexity index is 1840. The minimum atomic E-state index is -4.35. The minimum Gasteiger partial charge on any atom is -0.363 e. The number of piperazine rings is 1. The maximum Gasteiger partial charge on any atom is 0.296 e. The van der Waals surface area contributed by atoms with Gasteiger partial charge in [-0.15, -0.1) is 0 Å². The third-order valence-electron chi connectivity index (χ3n) is 7.51. The van der Waals surface area contributed by atoms with Crippen LogP contribution < -0.4 is 15.2 Å². The third-order valence-corrected chi connectivity index (χ3v) is 8.86. The molecule has 4 aromatic rings. The van der Waals surface area contributed by atoms with Gasteiger partial charge in [-0.25, -0.2) is 13.1 Å². The Morgan fingerprint density at radius 2 is 1.53 bits per heavy atom. The van der Waals surface area contributed by atoms with Crippen molar-refractivity contribution in [2.45, 2.75) is 18.4 Å². The quantitative estimate of drug-likeness (QED) is 0.222. The maximum atomic E-state index is 13.4. The highest BCUT2D eigenvalue weighted by Crippen LogP contribution is 2.32. The first-order valence-electron chi connectivity index (χ1n) is 13.3. The van der Waals surface area contributed by atoms with Crippen LogP contribution in [0.2, 0.25) is 0 Å². The Hall–Kier alpha value is -5.02. The zero-order chi connectivity index (χ0) is 30.9. The average Bonchev–Trinajstić information content (AvgIpc) is 3.20. The first-order chi connectivity index (χ1) is 20.5. The van der Waals surface area contributed by atoms with Gasteiger partial charge in [0, 0.05) is 58.0 Å². The number of para-hydroxylation sites is 1. The van der Waals surface area contributed by atoms with Gasteiger partial charge in [0.05, 0.1) is 26.1 Å². The molecule has 3 aromatic carbocycles. The highest BCUT2D eigenvalue weighted by Gasteiger charge is 2.28. The molecule has 0 unspecified atom stereocenters. The van der Waals surface area contributed by atoms with E-state index in [0.717, 1.165) is 11.6 Å². The predicted molar refractivity (Wildman–Crippen MR) is 160 cm³/mol. The lowest BCUT2D eigenvalue weighted by Gasteiger charge is -2.35. The molecule has 0 bridgehead atoms. The second-order valence-electron chi connectivity index (χ2n) is 10.1. The van der Waals surface area contributed by atoms with E-state index < -0.39 is 25.4 Å². The number of rotatable bonds is 9. The number of nitro benzene ring substituents is 2. The van der Waals surface area contributed by atoms with Crippen LogP contribution in [0.3, 0.4) is 0 Å². The lowest BCUT2D eigenvalue weighted by atomic mass is 10.1. The molecule has 5 rings (SSSR count). The molecule has 0 aliphatic carbocycles. The molecular formula is C28H29N7O7S. The van der Waals surface area contributed by atoms with Crippen molar-refractivity contribution < 1.29 is 18.3 Å². The van der Waals surface area contributed by atoms with Gasteiger partial charge in [-0.1, -0.05) is 30.3 Å². The van der Waals surface area contributed by atoms with E-state index in [1.165, 1.54) is 33.6 Å². The van der Waals surface area contributed by atoms with E-state index in [9.17, 15) is 33.4 Å². The van der Waals surface area contributed by atoms with Crippen LogP contribution >= 0.6 is 0 Å². The molecule has 1 aromatic heterocycles. The number of nitrogens with zero attached hydrogens (tertiary/aromatic N) is 6. The van der Waals surface area contributed by atoms with Gasteiger partial charge in [-0.2, -0.15) is 0 Å². The second-order valence-corrected chi connectivity index (χ2v) is 11.8. The molecule has 1 fully saturated rings. The lowest BCUT2D eigenvalue weighted by molar-refractivity contribution is -0.384. The summed E-state index contributed by atoms with van der Waals surface area (Å²) in [7, 11) is -2.72. The van der Waals surface area contributed by atoms with Crippen LogP contribution in [0, 0.1) is 27.2 Å². The molecule has 0 radical (unpaired) electrons. The van der Waals surface area contributed by atoms with Crippen LogP contribution in [-0.2, 0) is 23.6 Å². The number of hydrogen-bond acceptors (Lipinski definition) is 9. The first-order valence-corrected chi connectivity index (χ1v) is 14.8. The van der Waals surface area contributed by atoms with Gasteiger partial charge in [-0.3, -0.25) is 39.3 Å². The van der Waals surface area contributed by atoms with Crippen LogP contribution in [0.4, 0.5) is 22.7 Å². The van der Waals surface area contributed by atoms with E-state index in [0.29, 0.717) is 49.8 Å². The summed E-state index contributed by atoms with van der Waals surface area (Å²) in [5.74, 6) is 0. The van der Waals surface area contributed by atoms with Crippen LogP contribution in [0.15, 0.2) is 82.5 Å². The lowest BCUT2D eigenvalue weighted by Crippen LogP contribution is -2.46. The Balaban J connectivity index is 1.33. The van der Waals surface area contributed by atoms with Crippen molar-refractivity contribution in [2.24, 2.45) is 7.05 Å². The molecule has 2 heterocycles. The van der Waals surface area contributed by atoms with E-state index in [2.05, 4.69) is 9.62 Å². The maximum absolute atomic E-state index is 13.4. The Morgan fingerprint density at radius 1 is 0.884 bits per heavy atom. The molecule has 15 heteroatoms. The van der Waals surface area contributed by atoms with Crippen molar-refractivity contribution >= 4 is 32.8 Å². The molecular weight excluding hydrogens is 578 g/mol. The topological polar surface area (TPSA) is 166 Å². The predicted octanol–water partition coefficient (Wildman–Crippen LogP) is 3.42. The molecule has 0 amide bonds. The third kappa shape index (κ3) is 5.98. The van der Waals surface area contributed by atoms with Gasteiger partial charge < -0.3 is 4.90 Å². The molecule has 0 atom stereocenters. The van der Waals surface area contributed by atoms with Crippen LogP contribution in [0.5, 0.6) is 0 Å². The van der Waals surface area contributed by atoms with Gasteiger partial charge in [0.2, 0.25) is 0 Å². The zero-order valence-electron chi connectivity index (χ0n) is 23.4. The highest BCUT2D eigenvalue weighted by atomic mass is 32.2. The Morgan fingerprint density at radius 3 is 2.14 bits per heavy atom. The number of anilines is 2. The van der Waals surface area contributed by atoms with Crippen molar-refractivity contribution in [3.8, 4) is 5.69 Å². The van der Waals surface area contributed by atoms with E-state index >= 15 is 0 Å². The SMILES string of the molecule is Cc1c(NS(=O)(=O)c2ccc(N3CCN(Cc4ccc([N+](=O)[O-])cc4)CC3)c([N+](=O)[O-])c2)c(=O)n(-c2ccccc2)n1C. The molecule has 1 N–H and O–H groups in total. The fourth-order valence-electron chi connectivity index (χ4n) is 5.09. The van der Waals surface area contributed by atoms with Gasteiger partial charge in [0.15, 0.2) is 0 Å². The number of nitrogens with one attached hydrogen (secondary N) is 1. The smallest absolute Gasteiger partial charge is 0.296 e. The number of hydrogen-bond donors (Lipinski definition) is 1. The summed E-state index contributed by atoms with van der Waals surface area (Å²) in [6.45, 7) is 4.25. The van der Waals surface area contributed by atoms with Crippen molar-refractivity contribution in [1.82, 2.24) is 14.3 Å². The van der Waals surface area contributed by atoms with Crippen LogP contribution in [0.1, 0.15) is 11.3 Å². The first kappa shape index (κ1) is 29.5. The summed E-state index contributed by atoms with van der Waals surface area (Å²) in [5, 5.41) is 22.9. The van der Waals surface area contributed by atoms with E-state index in [1.54, 1.807) is 56.4 Å². The van der Waals surface area contributed by atoms with Crippen molar-refractivity contribution in [3.05, 3.63) is 115 Å². The monoisotopic (exact) mass is 607 g/mol. The number of benzene rings is 3. The molecule has 224 valence electrons. The van der Waals surface area contributed by atoms with E-state index in [1.807, 2.05) is 4.90 Å². The second kappa shape index (κ2) is 11.7. The van der Waals surface area contributed by atoms with Gasteiger partial charge in [0.1, 0.15) is 11.4 Å². The number of nitro groups is 2. The Labute approximate surface area is 246 Å². The zero-order valence-corrected chi connectivity index (χ0v) is 24.2. The summed E-state index contributed by atoms with van der Waals surface area (Å²) in [6, 6.07) is 18.8. The van der Waals surface area contributed by atoms with Crippen LogP contribution in [-0.4, -0.2) is 58.7 Å². The van der Waals surface area contributed by atoms with Gasteiger partial charge in [-0.05, 0) is 36.8 Å². The van der Waals surface area contributed by atoms with Crippen LogP contribution in [0.25, 0.3) is 5.69 Å². The molecule has 1 saturated heterocycles. The molecule has 0 saturated carbocycles. The summed E-state index contributed by atoms with van der Waals surface area (Å²) in [5.41, 5.74) is 1.06. The molecule has 1 aliphatic rings. The minimum absolute atomic E-state index is 0.0183. The van der Waals surface area contributed by atoms with Gasteiger partial charge in [0.25, 0.3) is 27.0 Å². The number of sulfonamides is 1. The average molecular weight is 608 g/mol. The Kier molecular flexibility index (Phi) is 8.02. The number of aromatic nitrogens is 2. The van der Waals surface area contributed by atoms with Crippen molar-refractivity contribution in [1.29, 1.82) is 0 Å². The van der Waals surface area contributed by atoms with Crippen molar-refractivity contribution in [2.75, 3.05) is 35.8 Å². The van der Waals surface area contributed by atoms with Gasteiger partial charge >= 0.3 is 0 Å². The largest absolute Gasteiger partial charge is 0.363 e. The number of non-ortho nitro benzene ring substituents is 1. The molecule has 0 spiro atoms. The highest BCUT2D eigenvalue weighted by molar-refractivity contribution is 7.92. The standard InChI is InChI=1S/C28H29N7O7S/c1-20-27(28(36)33(30(20)2)22-6-4-3-5-7-22)29-43(41,42)24-12-13-25(26(18-24)35(39)40)32-16-14-31(15-17-32)19-21-8-10-23(11-9-21)34(37)38/h3-13,18,29H,14-17,19H2,1-2H3. The summed E-state index contributed by atoms with van der Waals surface area (Å²) < 4.78 is 31.9. The molecule has 1 aliphatic heterocycles. The fraction of sp³-hybridized carbons (Fsp3) is 0.250. The summed E-state index contributed by atoms with van der Waals surface area (Å²) in [6.07, 6.45) is 0. The van der Waals surface area contributed by atoms with E-state index in [-0.39, 0.29) is 22.0 Å².